The number of guanidine groups is 1. The topological polar surface area (TPSA) is 70.7 Å². The molecule has 0 aromatic heterocycles. The smallest absolute Gasteiger partial charge is 0.224 e. The summed E-state index contributed by atoms with van der Waals surface area (Å²) >= 11 is 0. The molecule has 5 nitrogen and oxygen atoms in total. The second-order valence-electron chi connectivity index (χ2n) is 6.83. The molecule has 0 aliphatic carbocycles. The van der Waals surface area contributed by atoms with E-state index in [9.17, 15) is 4.79 Å². The fourth-order valence-corrected chi connectivity index (χ4v) is 2.78. The highest BCUT2D eigenvalue weighted by molar-refractivity contribution is 14.0. The Labute approximate surface area is 158 Å². The largest absolute Gasteiger partial charge is 0.370 e. The van der Waals surface area contributed by atoms with Crippen molar-refractivity contribution in [2.75, 3.05) is 19.6 Å². The lowest BCUT2D eigenvalue weighted by Crippen LogP contribution is -2.39. The predicted molar refractivity (Wildman–Crippen MR) is 108 cm³/mol. The number of amides is 1. The fourth-order valence-electron chi connectivity index (χ4n) is 2.78. The van der Waals surface area contributed by atoms with Gasteiger partial charge in [-0.25, -0.2) is 0 Å². The van der Waals surface area contributed by atoms with E-state index < -0.39 is 0 Å². The average molecular weight is 438 g/mol. The van der Waals surface area contributed by atoms with Gasteiger partial charge in [0.05, 0.1) is 6.54 Å². The first-order valence-corrected chi connectivity index (χ1v) is 8.83. The summed E-state index contributed by atoms with van der Waals surface area (Å²) in [5.74, 6) is 1.42. The molecule has 136 valence electrons. The Morgan fingerprint density at radius 2 is 1.83 bits per heavy atom. The Hall–Kier alpha value is -0.530. The molecule has 3 N–H and O–H groups in total. The molecule has 1 aliphatic heterocycles. The molecule has 0 saturated carbocycles. The molecule has 6 heteroatoms. The van der Waals surface area contributed by atoms with Gasteiger partial charge in [0.1, 0.15) is 0 Å². The lowest BCUT2D eigenvalue weighted by Gasteiger charge is -2.26. The lowest BCUT2D eigenvalue weighted by atomic mass is 10.0. The van der Waals surface area contributed by atoms with Crippen LogP contribution in [0.4, 0.5) is 0 Å². The number of carbonyl (C=O) groups excluding carboxylic acids is 1. The van der Waals surface area contributed by atoms with E-state index in [-0.39, 0.29) is 29.9 Å². The Kier molecular flexibility index (Phi) is 12.5. The van der Waals surface area contributed by atoms with E-state index in [0.717, 1.165) is 38.3 Å². The van der Waals surface area contributed by atoms with Crippen molar-refractivity contribution in [2.24, 2.45) is 16.6 Å². The summed E-state index contributed by atoms with van der Waals surface area (Å²) in [5.41, 5.74) is 5.88. The second kappa shape index (κ2) is 12.8. The molecule has 0 spiro atoms. The van der Waals surface area contributed by atoms with Crippen LogP contribution in [0.15, 0.2) is 4.99 Å². The van der Waals surface area contributed by atoms with Gasteiger partial charge in [0.15, 0.2) is 5.96 Å². The van der Waals surface area contributed by atoms with Crippen LogP contribution in [0.25, 0.3) is 0 Å². The molecule has 1 heterocycles. The Morgan fingerprint density at radius 1 is 1.17 bits per heavy atom. The molecule has 1 fully saturated rings. The number of nitrogens with zero attached hydrogens (tertiary/aromatic N) is 2. The highest BCUT2D eigenvalue weighted by Gasteiger charge is 2.15. The summed E-state index contributed by atoms with van der Waals surface area (Å²) in [6.45, 7) is 8.90. The van der Waals surface area contributed by atoms with Crippen LogP contribution in [0.1, 0.15) is 65.7 Å². The first-order valence-electron chi connectivity index (χ1n) is 8.83. The molecule has 0 aromatic rings. The first kappa shape index (κ1) is 22.5. The van der Waals surface area contributed by atoms with Gasteiger partial charge in [-0.1, -0.05) is 26.7 Å². The van der Waals surface area contributed by atoms with E-state index in [4.69, 9.17) is 5.73 Å². The first-order chi connectivity index (χ1) is 10.5. The third kappa shape index (κ3) is 10.8. The van der Waals surface area contributed by atoms with Gasteiger partial charge in [-0.3, -0.25) is 9.79 Å². The fraction of sp³-hybridized carbons (Fsp3) is 0.882. The SMILES string of the molecule is CC(C)CCCC(C)NC(N)=NCCC(=O)N1CCCCC1.I. The number of piperidine rings is 1. The van der Waals surface area contributed by atoms with Crippen LogP contribution in [0.2, 0.25) is 0 Å². The van der Waals surface area contributed by atoms with Crippen LogP contribution in [-0.4, -0.2) is 42.4 Å². The summed E-state index contributed by atoms with van der Waals surface area (Å²) in [6.07, 6.45) is 7.51. The zero-order valence-electron chi connectivity index (χ0n) is 15.0. The number of nitrogens with two attached hydrogens (primary N) is 1. The van der Waals surface area contributed by atoms with Crippen molar-refractivity contribution in [1.29, 1.82) is 0 Å². The Balaban J connectivity index is 0.00000484. The summed E-state index contributed by atoms with van der Waals surface area (Å²) in [6, 6.07) is 0.334. The monoisotopic (exact) mass is 438 g/mol. The number of hydrogen-bond acceptors (Lipinski definition) is 2. The van der Waals surface area contributed by atoms with Crippen molar-refractivity contribution < 1.29 is 4.79 Å². The molecule has 1 aliphatic rings. The predicted octanol–water partition coefficient (Wildman–Crippen LogP) is 3.13. The van der Waals surface area contributed by atoms with Gasteiger partial charge in [-0.15, -0.1) is 24.0 Å². The standard InChI is InChI=1S/C17H34N4O.HI/c1-14(2)8-7-9-15(3)20-17(18)19-11-10-16(22)21-12-5-4-6-13-21;/h14-15H,4-13H2,1-3H3,(H3,18,19,20);1H. The number of halogens is 1. The maximum absolute atomic E-state index is 12.0. The van der Waals surface area contributed by atoms with Crippen molar-refractivity contribution >= 4 is 35.8 Å². The van der Waals surface area contributed by atoms with Crippen LogP contribution < -0.4 is 11.1 Å². The van der Waals surface area contributed by atoms with Crippen LogP contribution in [0, 0.1) is 5.92 Å². The van der Waals surface area contributed by atoms with Gasteiger partial charge < -0.3 is 16.0 Å². The van der Waals surface area contributed by atoms with E-state index in [0.29, 0.717) is 25.0 Å². The highest BCUT2D eigenvalue weighted by Crippen LogP contribution is 2.10. The third-order valence-electron chi connectivity index (χ3n) is 4.13. The minimum atomic E-state index is 0. The van der Waals surface area contributed by atoms with Gasteiger partial charge in [0, 0.05) is 25.6 Å². The summed E-state index contributed by atoms with van der Waals surface area (Å²) in [7, 11) is 0. The quantitative estimate of drug-likeness (QED) is 0.348. The van der Waals surface area contributed by atoms with Gasteiger partial charge in [0.2, 0.25) is 5.91 Å². The van der Waals surface area contributed by atoms with Crippen LogP contribution >= 0.6 is 24.0 Å². The van der Waals surface area contributed by atoms with Gasteiger partial charge in [-0.2, -0.15) is 0 Å². The molecule has 1 amide bonds. The van der Waals surface area contributed by atoms with Crippen molar-refractivity contribution in [2.45, 2.75) is 71.8 Å². The molecule has 1 saturated heterocycles. The van der Waals surface area contributed by atoms with E-state index in [1.807, 2.05) is 4.90 Å². The molecular weight excluding hydrogens is 403 g/mol. The van der Waals surface area contributed by atoms with Crippen LogP contribution in [0.5, 0.6) is 0 Å². The van der Waals surface area contributed by atoms with E-state index in [1.54, 1.807) is 0 Å². The molecule has 1 rings (SSSR count). The number of carbonyl (C=O) groups is 1. The summed E-state index contributed by atoms with van der Waals surface area (Å²) in [4.78, 5) is 18.2. The van der Waals surface area contributed by atoms with E-state index in [1.165, 1.54) is 19.3 Å². The third-order valence-corrected chi connectivity index (χ3v) is 4.13. The molecule has 23 heavy (non-hydrogen) atoms. The molecule has 0 bridgehead atoms. The second-order valence-corrected chi connectivity index (χ2v) is 6.83. The zero-order valence-corrected chi connectivity index (χ0v) is 17.3. The zero-order chi connectivity index (χ0) is 16.4. The number of hydrogen-bond donors (Lipinski definition) is 2. The van der Waals surface area contributed by atoms with E-state index >= 15 is 0 Å². The van der Waals surface area contributed by atoms with Crippen molar-refractivity contribution in [1.82, 2.24) is 10.2 Å². The van der Waals surface area contributed by atoms with Gasteiger partial charge in [-0.05, 0) is 38.5 Å². The lowest BCUT2D eigenvalue weighted by molar-refractivity contribution is -0.131. The molecule has 1 atom stereocenters. The van der Waals surface area contributed by atoms with Gasteiger partial charge >= 0.3 is 0 Å². The molecule has 1 unspecified atom stereocenters. The van der Waals surface area contributed by atoms with Crippen molar-refractivity contribution in [3.63, 3.8) is 0 Å². The number of nitrogens with one attached hydrogen (secondary N) is 1. The summed E-state index contributed by atoms with van der Waals surface area (Å²) < 4.78 is 0. The van der Waals surface area contributed by atoms with Crippen molar-refractivity contribution in [3.8, 4) is 0 Å². The van der Waals surface area contributed by atoms with Gasteiger partial charge in [0.25, 0.3) is 0 Å². The maximum Gasteiger partial charge on any atom is 0.224 e. The minimum Gasteiger partial charge on any atom is -0.370 e. The Morgan fingerprint density at radius 3 is 2.43 bits per heavy atom. The van der Waals surface area contributed by atoms with Crippen LogP contribution in [-0.2, 0) is 4.79 Å². The normalized spacial score (nSPS) is 16.9. The maximum atomic E-state index is 12.0. The molecular formula is C17H35IN4O. The number of aliphatic imine (C=N–C) groups is 1. The molecule has 0 aromatic carbocycles. The minimum absolute atomic E-state index is 0. The summed E-state index contributed by atoms with van der Waals surface area (Å²) in [5, 5.41) is 3.21. The number of likely N-dealkylation sites (tertiary alicyclic amines) is 1. The van der Waals surface area contributed by atoms with Crippen LogP contribution in [0.3, 0.4) is 0 Å². The van der Waals surface area contributed by atoms with Crippen molar-refractivity contribution in [3.05, 3.63) is 0 Å². The van der Waals surface area contributed by atoms with E-state index in [2.05, 4.69) is 31.1 Å². The molecule has 0 radical (unpaired) electrons. The Bertz CT molecular complexity index is 355. The highest BCUT2D eigenvalue weighted by atomic mass is 127. The number of rotatable bonds is 8. The average Bonchev–Trinajstić information content (AvgIpc) is 2.47.